The molecule has 1 atom stereocenters. The number of methoxy groups -OCH3 is 1. The molecule has 1 amide bonds. The second-order valence-corrected chi connectivity index (χ2v) is 7.10. The van der Waals surface area contributed by atoms with E-state index in [0.29, 0.717) is 24.5 Å². The molecule has 7 heteroatoms. The van der Waals surface area contributed by atoms with E-state index in [1.165, 1.54) is 23.3 Å². The number of amides is 1. The van der Waals surface area contributed by atoms with Crippen LogP contribution >= 0.6 is 11.3 Å². The molecule has 0 radical (unpaired) electrons. The van der Waals surface area contributed by atoms with Gasteiger partial charge in [-0.05, 0) is 35.7 Å². The zero-order chi connectivity index (χ0) is 20.1. The van der Waals surface area contributed by atoms with Gasteiger partial charge in [0.1, 0.15) is 18.1 Å². The lowest BCUT2D eigenvalue weighted by atomic mass is 10.00. The highest BCUT2D eigenvalue weighted by atomic mass is 32.1. The predicted molar refractivity (Wildman–Crippen MR) is 107 cm³/mol. The highest BCUT2D eigenvalue weighted by Gasteiger charge is 2.46. The predicted octanol–water partition coefficient (Wildman–Crippen LogP) is 3.38. The van der Waals surface area contributed by atoms with Crippen molar-refractivity contribution in [3.63, 3.8) is 0 Å². The summed E-state index contributed by atoms with van der Waals surface area (Å²) in [6, 6.07) is 9.76. The number of Topliss-reactive ketones (excluding diaryl/α,β-unsaturated/α-hetero) is 1. The van der Waals surface area contributed by atoms with E-state index >= 15 is 0 Å². The number of carbonyl (C=O) groups excluding carboxylic acids is 2. The lowest BCUT2D eigenvalue weighted by Gasteiger charge is -2.23. The van der Waals surface area contributed by atoms with Gasteiger partial charge in [0.15, 0.2) is 0 Å². The van der Waals surface area contributed by atoms with Gasteiger partial charge in [-0.15, -0.1) is 11.3 Å². The van der Waals surface area contributed by atoms with Crippen LogP contribution in [0.2, 0.25) is 0 Å². The number of benzene rings is 1. The van der Waals surface area contributed by atoms with Gasteiger partial charge < -0.3 is 19.5 Å². The van der Waals surface area contributed by atoms with Crippen molar-refractivity contribution < 1.29 is 24.2 Å². The maximum atomic E-state index is 12.7. The number of aliphatic hydroxyl groups is 1. The summed E-state index contributed by atoms with van der Waals surface area (Å²) in [7, 11) is 1.53. The first-order chi connectivity index (χ1) is 13.6. The molecule has 0 aliphatic carbocycles. The molecule has 1 aliphatic heterocycles. The quantitative estimate of drug-likeness (QED) is 0.319. The van der Waals surface area contributed by atoms with Gasteiger partial charge in [-0.2, -0.15) is 0 Å². The standard InChI is InChI=1S/C21H21NO5S/c1-3-11-27-15-8-6-14(7-9-15)19(23)17-18(16-5-4-13-28-16)22(10-12-26-2)21(25)20(17)24/h3-9,13,18,23H,1,10-12H2,2H3/b19-17+. The summed E-state index contributed by atoms with van der Waals surface area (Å²) in [5.41, 5.74) is 0.528. The summed E-state index contributed by atoms with van der Waals surface area (Å²) in [4.78, 5) is 27.6. The molecule has 0 bridgehead atoms. The number of likely N-dealkylation sites (tertiary alicyclic amines) is 1. The van der Waals surface area contributed by atoms with E-state index in [4.69, 9.17) is 9.47 Å². The molecule has 146 valence electrons. The van der Waals surface area contributed by atoms with Gasteiger partial charge in [0, 0.05) is 24.1 Å². The number of carbonyl (C=O) groups is 2. The molecular formula is C21H21NO5S. The molecule has 1 N–H and O–H groups in total. The van der Waals surface area contributed by atoms with E-state index in [1.807, 2.05) is 17.5 Å². The van der Waals surface area contributed by atoms with Gasteiger partial charge >= 0.3 is 0 Å². The molecule has 1 unspecified atom stereocenters. The summed E-state index contributed by atoms with van der Waals surface area (Å²) >= 11 is 1.43. The maximum Gasteiger partial charge on any atom is 0.295 e. The average molecular weight is 399 g/mol. The number of hydrogen-bond donors (Lipinski definition) is 1. The summed E-state index contributed by atoms with van der Waals surface area (Å²) in [5, 5.41) is 12.8. The van der Waals surface area contributed by atoms with E-state index in [2.05, 4.69) is 6.58 Å². The Hall–Kier alpha value is -2.90. The van der Waals surface area contributed by atoms with Crippen LogP contribution in [0, 0.1) is 0 Å². The van der Waals surface area contributed by atoms with Crippen molar-refractivity contribution in [2.45, 2.75) is 6.04 Å². The number of rotatable bonds is 8. The topological polar surface area (TPSA) is 76.1 Å². The number of aliphatic hydroxyl groups excluding tert-OH is 1. The third kappa shape index (κ3) is 3.85. The smallest absolute Gasteiger partial charge is 0.295 e. The Morgan fingerprint density at radius 2 is 2.04 bits per heavy atom. The second kappa shape index (κ2) is 8.86. The molecule has 1 aromatic heterocycles. The van der Waals surface area contributed by atoms with E-state index in [9.17, 15) is 14.7 Å². The Bertz CT molecular complexity index is 886. The normalized spacial score (nSPS) is 18.5. The minimum absolute atomic E-state index is 0.0864. The fourth-order valence-corrected chi connectivity index (χ4v) is 3.91. The zero-order valence-corrected chi connectivity index (χ0v) is 16.3. The van der Waals surface area contributed by atoms with E-state index in [0.717, 1.165) is 4.88 Å². The van der Waals surface area contributed by atoms with Gasteiger partial charge in [0.25, 0.3) is 11.7 Å². The summed E-state index contributed by atoms with van der Waals surface area (Å²) in [5.74, 6) is -0.916. The first-order valence-electron chi connectivity index (χ1n) is 8.73. The summed E-state index contributed by atoms with van der Waals surface area (Å²) in [6.45, 7) is 4.52. The van der Waals surface area contributed by atoms with Crippen LogP contribution in [0.25, 0.3) is 5.76 Å². The highest BCUT2D eigenvalue weighted by molar-refractivity contribution is 7.10. The van der Waals surface area contributed by atoms with Crippen molar-refractivity contribution in [3.8, 4) is 5.75 Å². The van der Waals surface area contributed by atoms with Gasteiger partial charge in [-0.25, -0.2) is 0 Å². The van der Waals surface area contributed by atoms with Crippen molar-refractivity contribution in [1.29, 1.82) is 0 Å². The van der Waals surface area contributed by atoms with Crippen molar-refractivity contribution >= 4 is 28.8 Å². The third-order valence-corrected chi connectivity index (χ3v) is 5.31. The van der Waals surface area contributed by atoms with Crippen LogP contribution in [-0.2, 0) is 14.3 Å². The first-order valence-corrected chi connectivity index (χ1v) is 9.61. The van der Waals surface area contributed by atoms with Crippen molar-refractivity contribution in [2.24, 2.45) is 0 Å². The molecule has 2 heterocycles. The molecule has 0 spiro atoms. The fraction of sp³-hybridized carbons (Fsp3) is 0.238. The van der Waals surface area contributed by atoms with Crippen LogP contribution in [-0.4, -0.2) is 48.6 Å². The number of hydrogen-bond acceptors (Lipinski definition) is 6. The Kier molecular flexibility index (Phi) is 6.28. The summed E-state index contributed by atoms with van der Waals surface area (Å²) < 4.78 is 10.5. The van der Waals surface area contributed by atoms with Crippen molar-refractivity contribution in [3.05, 3.63) is 70.4 Å². The van der Waals surface area contributed by atoms with Crippen LogP contribution in [0.4, 0.5) is 0 Å². The monoisotopic (exact) mass is 399 g/mol. The van der Waals surface area contributed by atoms with Gasteiger partial charge in [0.05, 0.1) is 18.2 Å². The number of nitrogens with zero attached hydrogens (tertiary/aromatic N) is 1. The maximum absolute atomic E-state index is 12.7. The Morgan fingerprint density at radius 1 is 1.29 bits per heavy atom. The van der Waals surface area contributed by atoms with Crippen LogP contribution in [0.15, 0.2) is 60.0 Å². The first kappa shape index (κ1) is 19.9. The molecule has 2 aromatic rings. The number of ketones is 1. The molecule has 1 aromatic carbocycles. The number of ether oxygens (including phenoxy) is 2. The Labute approximate surface area is 167 Å². The minimum atomic E-state index is -0.695. The lowest BCUT2D eigenvalue weighted by molar-refractivity contribution is -0.140. The van der Waals surface area contributed by atoms with Crippen molar-refractivity contribution in [1.82, 2.24) is 4.90 Å². The van der Waals surface area contributed by atoms with E-state index < -0.39 is 17.7 Å². The average Bonchev–Trinajstić information content (AvgIpc) is 3.32. The van der Waals surface area contributed by atoms with Crippen LogP contribution in [0.3, 0.4) is 0 Å². The Balaban J connectivity index is 2.01. The molecule has 1 saturated heterocycles. The SMILES string of the molecule is C=CCOc1ccc(/C(O)=C2\C(=O)C(=O)N(CCOC)C2c2cccs2)cc1. The number of thiophene rings is 1. The van der Waals surface area contributed by atoms with Crippen LogP contribution in [0.5, 0.6) is 5.75 Å². The van der Waals surface area contributed by atoms with Crippen molar-refractivity contribution in [2.75, 3.05) is 26.9 Å². The van der Waals surface area contributed by atoms with Crippen LogP contribution in [0.1, 0.15) is 16.5 Å². The molecule has 0 saturated carbocycles. The van der Waals surface area contributed by atoms with Gasteiger partial charge in [-0.3, -0.25) is 9.59 Å². The lowest BCUT2D eigenvalue weighted by Crippen LogP contribution is -2.32. The largest absolute Gasteiger partial charge is 0.507 e. The molecule has 1 aliphatic rings. The Morgan fingerprint density at radius 3 is 2.64 bits per heavy atom. The molecule has 1 fully saturated rings. The molecular weight excluding hydrogens is 378 g/mol. The molecule has 28 heavy (non-hydrogen) atoms. The fourth-order valence-electron chi connectivity index (χ4n) is 3.06. The third-order valence-electron chi connectivity index (χ3n) is 4.38. The zero-order valence-electron chi connectivity index (χ0n) is 15.5. The van der Waals surface area contributed by atoms with Gasteiger partial charge in [0.2, 0.25) is 0 Å². The minimum Gasteiger partial charge on any atom is -0.507 e. The van der Waals surface area contributed by atoms with Crippen LogP contribution < -0.4 is 4.74 Å². The second-order valence-electron chi connectivity index (χ2n) is 6.12. The van der Waals surface area contributed by atoms with Gasteiger partial charge in [-0.1, -0.05) is 18.7 Å². The molecule has 6 nitrogen and oxygen atoms in total. The molecule has 3 rings (SSSR count). The highest BCUT2D eigenvalue weighted by Crippen LogP contribution is 2.40. The van der Waals surface area contributed by atoms with E-state index in [-0.39, 0.29) is 17.9 Å². The summed E-state index contributed by atoms with van der Waals surface area (Å²) in [6.07, 6.45) is 1.64. The van der Waals surface area contributed by atoms with E-state index in [1.54, 1.807) is 30.3 Å².